The number of nitrogens with zero attached hydrogens (tertiary/aromatic N) is 2. The number of hydrogen-bond donors (Lipinski definition) is 2. The normalized spacial score (nSPS) is 22.4. The number of amides is 2. The minimum absolute atomic E-state index is 0.0239. The maximum Gasteiger partial charge on any atom is 0.276 e. The molecule has 0 saturated carbocycles. The molecule has 1 aromatic carbocycles. The van der Waals surface area contributed by atoms with E-state index in [4.69, 9.17) is 8.85 Å². The lowest BCUT2D eigenvalue weighted by molar-refractivity contribution is -0.112. The Morgan fingerprint density at radius 3 is 2.93 bits per heavy atom. The Labute approximate surface area is 173 Å². The Hall–Kier alpha value is -3.27. The number of halogens is 2. The highest BCUT2D eigenvalue weighted by Crippen LogP contribution is 2.29. The first-order valence-corrected chi connectivity index (χ1v) is 9.12. The van der Waals surface area contributed by atoms with Crippen molar-refractivity contribution in [3.63, 3.8) is 0 Å². The van der Waals surface area contributed by atoms with E-state index in [1.165, 1.54) is 0 Å². The second-order valence-electron chi connectivity index (χ2n) is 6.98. The monoisotopic (exact) mass is 422 g/mol. The van der Waals surface area contributed by atoms with Crippen molar-refractivity contribution in [2.45, 2.75) is 38.6 Å². The number of pyridine rings is 1. The van der Waals surface area contributed by atoms with Crippen LogP contribution in [0, 0.1) is 11.6 Å². The van der Waals surface area contributed by atoms with E-state index in [-0.39, 0.29) is 31.7 Å². The number of fused-ring (bicyclic) bond motifs is 2. The van der Waals surface area contributed by atoms with Gasteiger partial charge >= 0.3 is 0 Å². The van der Waals surface area contributed by atoms with Crippen molar-refractivity contribution in [2.75, 3.05) is 6.61 Å². The topological polar surface area (TPSA) is 101 Å². The maximum absolute atomic E-state index is 13.8. The van der Waals surface area contributed by atoms with Gasteiger partial charge in [-0.2, -0.15) is 0 Å². The molecule has 0 spiro atoms. The number of rotatable bonds is 3. The van der Waals surface area contributed by atoms with Crippen LogP contribution in [0.4, 0.5) is 8.78 Å². The van der Waals surface area contributed by atoms with Crippen LogP contribution in [0.1, 0.15) is 43.8 Å². The zero-order valence-electron chi connectivity index (χ0n) is 18.5. The summed E-state index contributed by atoms with van der Waals surface area (Å²) in [6.07, 6.45) is 0.158. The van der Waals surface area contributed by atoms with E-state index in [1.807, 2.05) is 0 Å². The van der Waals surface area contributed by atoms with Gasteiger partial charge in [0, 0.05) is 34.5 Å². The number of nitrogens with one attached hydrogen (secondary N) is 1. The minimum Gasteiger partial charge on any atom is -0.503 e. The zero-order chi connectivity index (χ0) is 24.1. The molecule has 2 N–H and O–H groups in total. The van der Waals surface area contributed by atoms with Gasteiger partial charge in [-0.25, -0.2) is 8.78 Å². The van der Waals surface area contributed by atoms with Gasteiger partial charge in [0.05, 0.1) is 13.2 Å². The molecule has 0 aliphatic carbocycles. The second kappa shape index (κ2) is 7.52. The molecule has 1 saturated heterocycles. The Bertz CT molecular complexity index is 1200. The molecule has 2 amide bonds. The van der Waals surface area contributed by atoms with Gasteiger partial charge in [0.2, 0.25) is 5.43 Å². The molecular formula is C20H19F2N3O5. The fourth-order valence-electron chi connectivity index (χ4n) is 3.56. The lowest BCUT2D eigenvalue weighted by atomic mass is 10.1. The molecule has 1 fully saturated rings. The summed E-state index contributed by atoms with van der Waals surface area (Å²) in [5, 5.41) is 12.8. The minimum atomic E-state index is -2.49. The summed E-state index contributed by atoms with van der Waals surface area (Å²) in [4.78, 5) is 39.2. The number of hydrogen-bond acceptors (Lipinski definition) is 5. The molecule has 158 valence electrons. The molecule has 2 atom stereocenters. The average molecular weight is 422 g/mol. The third kappa shape index (κ3) is 3.32. The van der Waals surface area contributed by atoms with Gasteiger partial charge in [0.15, 0.2) is 17.7 Å². The smallest absolute Gasteiger partial charge is 0.276 e. The van der Waals surface area contributed by atoms with Crippen molar-refractivity contribution < 1.29 is 32.3 Å². The molecule has 2 aromatic rings. The van der Waals surface area contributed by atoms with E-state index in [9.17, 15) is 28.3 Å². The lowest BCUT2D eigenvalue weighted by Gasteiger charge is -2.44. The van der Waals surface area contributed by atoms with Crippen molar-refractivity contribution in [1.82, 2.24) is 14.8 Å². The van der Waals surface area contributed by atoms with Gasteiger partial charge in [0.25, 0.3) is 11.8 Å². The van der Waals surface area contributed by atoms with Crippen molar-refractivity contribution in [1.29, 1.82) is 0 Å². The average Bonchev–Trinajstić information content (AvgIpc) is 2.74. The molecular weight excluding hydrogens is 400 g/mol. The fraction of sp³-hybridized carbons (Fsp3) is 0.350. The third-order valence-electron chi connectivity index (χ3n) is 5.09. The van der Waals surface area contributed by atoms with Gasteiger partial charge in [-0.3, -0.25) is 14.4 Å². The largest absolute Gasteiger partial charge is 0.503 e. The van der Waals surface area contributed by atoms with Crippen LogP contribution in [-0.4, -0.2) is 45.3 Å². The van der Waals surface area contributed by atoms with E-state index in [1.54, 1.807) is 0 Å². The molecule has 30 heavy (non-hydrogen) atoms. The van der Waals surface area contributed by atoms with Gasteiger partial charge in [-0.15, -0.1) is 0 Å². The van der Waals surface area contributed by atoms with Gasteiger partial charge in [-0.05, 0) is 19.3 Å². The molecule has 2 aliphatic heterocycles. The quantitative estimate of drug-likeness (QED) is 0.778. The van der Waals surface area contributed by atoms with E-state index in [0.717, 1.165) is 27.8 Å². The van der Waals surface area contributed by atoms with Crippen LogP contribution in [0.2, 0.25) is 0 Å². The summed E-state index contributed by atoms with van der Waals surface area (Å²) in [5.41, 5.74) is -2.13. The molecule has 10 heteroatoms. The third-order valence-corrected chi connectivity index (χ3v) is 5.09. The van der Waals surface area contributed by atoms with E-state index in [2.05, 4.69) is 5.32 Å². The maximum atomic E-state index is 13.8. The molecule has 1 aromatic heterocycles. The number of aromatic nitrogens is 1. The van der Waals surface area contributed by atoms with Crippen molar-refractivity contribution in [3.05, 3.63) is 63.1 Å². The summed E-state index contributed by atoms with van der Waals surface area (Å²) in [6.45, 7) is -2.87. The van der Waals surface area contributed by atoms with Gasteiger partial charge < -0.3 is 24.6 Å². The predicted octanol–water partition coefficient (Wildman–Crippen LogP) is 1.35. The number of ether oxygens (including phenoxy) is 1. The summed E-state index contributed by atoms with van der Waals surface area (Å²) in [5.74, 6) is -4.53. The molecule has 8 nitrogen and oxygen atoms in total. The van der Waals surface area contributed by atoms with Crippen molar-refractivity contribution >= 4 is 11.8 Å². The first-order chi connectivity index (χ1) is 15.5. The van der Waals surface area contributed by atoms with Crippen LogP contribution < -0.4 is 10.7 Å². The summed E-state index contributed by atoms with van der Waals surface area (Å²) in [6, 6.07) is 1.64. The standard InChI is InChI=1S/C20H19F2N3O5/c1-10-4-5-30-15-9-24-8-13(17(26)18(27)16(24)20(29)25(10)15)19(28)23-7-11-2-3-12(21)6-14(11)22/h2-3,6,8,10,15,27H,4-5,7,9H2,1H3,(H,23,28)/t10-,15+/m1/s1/i1D3. The van der Waals surface area contributed by atoms with Crippen LogP contribution in [0.15, 0.2) is 29.2 Å². The number of aromatic hydroxyl groups is 1. The SMILES string of the molecule is [2H]C([2H])([2H])[C@@H]1CCO[C@H]2Cn3cc(C(=O)NCc4ccc(F)cc4F)c(=O)c(O)c3C(=O)N21. The zero-order valence-corrected chi connectivity index (χ0v) is 15.5. The van der Waals surface area contributed by atoms with Crippen LogP contribution in [-0.2, 0) is 17.8 Å². The fourth-order valence-corrected chi connectivity index (χ4v) is 3.56. The first kappa shape index (κ1) is 16.5. The predicted molar refractivity (Wildman–Crippen MR) is 99.9 cm³/mol. The lowest BCUT2D eigenvalue weighted by Crippen LogP contribution is -2.57. The Morgan fingerprint density at radius 1 is 1.40 bits per heavy atom. The number of carbonyl (C=O) groups is 2. The van der Waals surface area contributed by atoms with Crippen LogP contribution in [0.25, 0.3) is 0 Å². The van der Waals surface area contributed by atoms with E-state index >= 15 is 0 Å². The number of benzene rings is 1. The molecule has 2 aliphatic rings. The van der Waals surface area contributed by atoms with E-state index in [0.29, 0.717) is 6.07 Å². The Kier molecular flexibility index (Phi) is 4.14. The van der Waals surface area contributed by atoms with E-state index < -0.39 is 65.0 Å². The molecule has 4 rings (SSSR count). The Balaban J connectivity index is 1.64. The second-order valence-corrected chi connectivity index (χ2v) is 6.98. The van der Waals surface area contributed by atoms with Crippen molar-refractivity contribution in [2.24, 2.45) is 0 Å². The van der Waals surface area contributed by atoms with Gasteiger partial charge in [-0.1, -0.05) is 6.07 Å². The van der Waals surface area contributed by atoms with Crippen LogP contribution in [0.3, 0.4) is 0 Å². The van der Waals surface area contributed by atoms with Crippen LogP contribution in [0.5, 0.6) is 5.75 Å². The number of carbonyl (C=O) groups excluding carboxylic acids is 2. The summed E-state index contributed by atoms with van der Waals surface area (Å²) >= 11 is 0. The molecule has 0 unspecified atom stereocenters. The highest BCUT2D eigenvalue weighted by molar-refractivity contribution is 5.99. The highest BCUT2D eigenvalue weighted by atomic mass is 19.1. The first-order valence-electron chi connectivity index (χ1n) is 10.6. The summed E-state index contributed by atoms with van der Waals surface area (Å²) in [7, 11) is 0. The highest BCUT2D eigenvalue weighted by Gasteiger charge is 2.41. The van der Waals surface area contributed by atoms with Crippen molar-refractivity contribution in [3.8, 4) is 5.75 Å². The molecule has 3 heterocycles. The van der Waals surface area contributed by atoms with Crippen LogP contribution >= 0.6 is 0 Å². The summed E-state index contributed by atoms with van der Waals surface area (Å²) < 4.78 is 56.6. The molecule has 0 bridgehead atoms. The molecule has 0 radical (unpaired) electrons. The Morgan fingerprint density at radius 2 is 2.20 bits per heavy atom. The van der Waals surface area contributed by atoms with Gasteiger partial charge in [0.1, 0.15) is 17.2 Å².